The van der Waals surface area contributed by atoms with Crippen molar-refractivity contribution in [3.8, 4) is 0 Å². The monoisotopic (exact) mass is 288 g/mol. The zero-order valence-electron chi connectivity index (χ0n) is 11.0. The molecular weight excluding hydrogens is 268 g/mol. The van der Waals surface area contributed by atoms with Crippen LogP contribution in [0.25, 0.3) is 0 Å². The summed E-state index contributed by atoms with van der Waals surface area (Å²) in [7, 11) is -1.76. The molecule has 1 aromatic rings. The molecule has 0 aliphatic rings. The number of thioether (sulfide) groups is 1. The molecule has 0 radical (unpaired) electrons. The van der Waals surface area contributed by atoms with E-state index in [-0.39, 0.29) is 6.04 Å². The molecule has 0 aliphatic heterocycles. The van der Waals surface area contributed by atoms with Gasteiger partial charge in [-0.1, -0.05) is 18.2 Å². The first-order valence-electron chi connectivity index (χ1n) is 5.84. The van der Waals surface area contributed by atoms with E-state index in [1.54, 1.807) is 18.8 Å². The molecule has 0 spiro atoms. The van der Waals surface area contributed by atoms with Crippen LogP contribution in [0.15, 0.2) is 35.2 Å². The Morgan fingerprint density at radius 3 is 2.44 bits per heavy atom. The maximum Gasteiger partial charge on any atom is 0.279 e. The van der Waals surface area contributed by atoms with Crippen molar-refractivity contribution in [3.05, 3.63) is 30.3 Å². The molecule has 1 N–H and O–H groups in total. The highest BCUT2D eigenvalue weighted by molar-refractivity contribution is 7.99. The third kappa shape index (κ3) is 4.97. The van der Waals surface area contributed by atoms with Crippen molar-refractivity contribution in [2.24, 2.45) is 0 Å². The van der Waals surface area contributed by atoms with Gasteiger partial charge in [0.1, 0.15) is 0 Å². The van der Waals surface area contributed by atoms with Crippen molar-refractivity contribution < 1.29 is 8.42 Å². The van der Waals surface area contributed by atoms with Gasteiger partial charge in [-0.2, -0.15) is 12.7 Å². The summed E-state index contributed by atoms with van der Waals surface area (Å²) < 4.78 is 27.5. The molecule has 1 aromatic carbocycles. The Kier molecular flexibility index (Phi) is 6.14. The first-order chi connectivity index (χ1) is 8.43. The third-order valence-corrected chi connectivity index (χ3v) is 5.27. The van der Waals surface area contributed by atoms with Crippen molar-refractivity contribution in [2.45, 2.75) is 24.8 Å². The third-order valence-electron chi connectivity index (χ3n) is 2.50. The number of nitrogens with one attached hydrogen (secondary N) is 1. The highest BCUT2D eigenvalue weighted by atomic mass is 32.2. The molecule has 0 atom stereocenters. The van der Waals surface area contributed by atoms with E-state index < -0.39 is 10.2 Å². The highest BCUT2D eigenvalue weighted by Crippen LogP contribution is 2.15. The molecule has 0 saturated carbocycles. The van der Waals surface area contributed by atoms with Gasteiger partial charge >= 0.3 is 0 Å². The van der Waals surface area contributed by atoms with Gasteiger partial charge in [-0.25, -0.2) is 4.72 Å². The Morgan fingerprint density at radius 1 is 1.28 bits per heavy atom. The van der Waals surface area contributed by atoms with Crippen LogP contribution in [0.4, 0.5) is 0 Å². The first-order valence-corrected chi connectivity index (χ1v) is 8.26. The van der Waals surface area contributed by atoms with Crippen molar-refractivity contribution in [3.63, 3.8) is 0 Å². The smallest absolute Gasteiger partial charge is 0.201 e. The van der Waals surface area contributed by atoms with E-state index in [1.165, 1.54) is 4.31 Å². The minimum atomic E-state index is -3.34. The largest absolute Gasteiger partial charge is 0.279 e. The molecule has 0 aliphatic carbocycles. The Labute approximate surface area is 114 Å². The van der Waals surface area contributed by atoms with E-state index in [4.69, 9.17) is 0 Å². The second-order valence-electron chi connectivity index (χ2n) is 4.17. The van der Waals surface area contributed by atoms with Crippen molar-refractivity contribution >= 4 is 22.0 Å². The van der Waals surface area contributed by atoms with E-state index >= 15 is 0 Å². The molecule has 0 fully saturated rings. The number of hydrogen-bond donors (Lipinski definition) is 1. The lowest BCUT2D eigenvalue weighted by atomic mass is 10.4. The summed E-state index contributed by atoms with van der Waals surface area (Å²) in [6.07, 6.45) is 0. The predicted octanol–water partition coefficient (Wildman–Crippen LogP) is 1.95. The van der Waals surface area contributed by atoms with Crippen LogP contribution in [-0.2, 0) is 10.2 Å². The number of hydrogen-bond acceptors (Lipinski definition) is 3. The van der Waals surface area contributed by atoms with Crippen LogP contribution >= 0.6 is 11.8 Å². The molecule has 6 heteroatoms. The zero-order chi connectivity index (χ0) is 13.6. The Balaban J connectivity index is 2.34. The lowest BCUT2D eigenvalue weighted by Crippen LogP contribution is -2.42. The lowest BCUT2D eigenvalue weighted by Gasteiger charge is -2.21. The van der Waals surface area contributed by atoms with Crippen LogP contribution in [0.1, 0.15) is 13.8 Å². The summed E-state index contributed by atoms with van der Waals surface area (Å²) >= 11 is 1.64. The molecule has 18 heavy (non-hydrogen) atoms. The summed E-state index contributed by atoms with van der Waals surface area (Å²) in [6, 6.07) is 9.89. The molecule has 0 bridgehead atoms. The maximum absolute atomic E-state index is 11.8. The molecular formula is C12H20N2O2S2. The minimum absolute atomic E-state index is 0.0377. The highest BCUT2D eigenvalue weighted by Gasteiger charge is 2.19. The normalized spacial score (nSPS) is 12.3. The molecule has 4 nitrogen and oxygen atoms in total. The van der Waals surface area contributed by atoms with E-state index in [9.17, 15) is 8.42 Å². The van der Waals surface area contributed by atoms with E-state index in [0.717, 1.165) is 10.6 Å². The molecule has 0 heterocycles. The van der Waals surface area contributed by atoms with Crippen molar-refractivity contribution in [1.29, 1.82) is 0 Å². The van der Waals surface area contributed by atoms with Gasteiger partial charge in [0.15, 0.2) is 0 Å². The fourth-order valence-electron chi connectivity index (χ4n) is 1.24. The van der Waals surface area contributed by atoms with Gasteiger partial charge in [-0.3, -0.25) is 0 Å². The summed E-state index contributed by atoms with van der Waals surface area (Å²) in [6.45, 7) is 4.12. The molecule has 0 aromatic heterocycles. The Hall–Kier alpha value is -0.560. The van der Waals surface area contributed by atoms with Crippen molar-refractivity contribution in [2.75, 3.05) is 19.3 Å². The van der Waals surface area contributed by atoms with Crippen LogP contribution in [-0.4, -0.2) is 38.1 Å². The second kappa shape index (κ2) is 7.13. The molecule has 0 unspecified atom stereocenters. The van der Waals surface area contributed by atoms with Gasteiger partial charge in [0.25, 0.3) is 10.2 Å². The summed E-state index contributed by atoms with van der Waals surface area (Å²) in [5.74, 6) is 0.717. The SMILES string of the molecule is CC(C)N(C)S(=O)(=O)NCCSc1ccccc1. The number of nitrogens with zero attached hydrogens (tertiary/aromatic N) is 1. The van der Waals surface area contributed by atoms with Gasteiger partial charge < -0.3 is 0 Å². The quantitative estimate of drug-likeness (QED) is 0.616. The van der Waals surface area contributed by atoms with E-state index in [0.29, 0.717) is 6.54 Å². The van der Waals surface area contributed by atoms with Crippen LogP contribution < -0.4 is 4.72 Å². The van der Waals surface area contributed by atoms with E-state index in [2.05, 4.69) is 4.72 Å². The Morgan fingerprint density at radius 2 is 1.89 bits per heavy atom. The summed E-state index contributed by atoms with van der Waals surface area (Å²) in [5, 5.41) is 0. The average molecular weight is 288 g/mol. The van der Waals surface area contributed by atoms with Crippen LogP contribution in [0.2, 0.25) is 0 Å². The van der Waals surface area contributed by atoms with Crippen LogP contribution in [0.3, 0.4) is 0 Å². The topological polar surface area (TPSA) is 49.4 Å². The number of benzene rings is 1. The molecule has 0 saturated heterocycles. The standard InChI is InChI=1S/C12H20N2O2S2/c1-11(2)14(3)18(15,16)13-9-10-17-12-7-5-4-6-8-12/h4-8,11,13H,9-10H2,1-3H3. The zero-order valence-corrected chi connectivity index (χ0v) is 12.6. The summed E-state index contributed by atoms with van der Waals surface area (Å²) in [4.78, 5) is 1.15. The van der Waals surface area contributed by atoms with Gasteiger partial charge in [-0.05, 0) is 26.0 Å². The van der Waals surface area contributed by atoms with E-state index in [1.807, 2.05) is 44.2 Å². The minimum Gasteiger partial charge on any atom is -0.201 e. The second-order valence-corrected chi connectivity index (χ2v) is 7.15. The summed E-state index contributed by atoms with van der Waals surface area (Å²) in [5.41, 5.74) is 0. The van der Waals surface area contributed by atoms with Crippen LogP contribution in [0.5, 0.6) is 0 Å². The fraction of sp³-hybridized carbons (Fsp3) is 0.500. The first kappa shape index (κ1) is 15.5. The fourth-order valence-corrected chi connectivity index (χ4v) is 3.27. The molecule has 1 rings (SSSR count). The van der Waals surface area contributed by atoms with Gasteiger partial charge in [0.05, 0.1) is 0 Å². The van der Waals surface area contributed by atoms with Crippen LogP contribution in [0, 0.1) is 0 Å². The molecule has 0 amide bonds. The number of rotatable bonds is 7. The van der Waals surface area contributed by atoms with Gasteiger partial charge in [-0.15, -0.1) is 11.8 Å². The van der Waals surface area contributed by atoms with Crippen molar-refractivity contribution in [1.82, 2.24) is 9.03 Å². The maximum atomic E-state index is 11.8. The average Bonchev–Trinajstić information content (AvgIpc) is 2.35. The lowest BCUT2D eigenvalue weighted by molar-refractivity contribution is 0.403. The predicted molar refractivity (Wildman–Crippen MR) is 77.0 cm³/mol. The Bertz CT molecular complexity index is 446. The van der Waals surface area contributed by atoms with Gasteiger partial charge in [0, 0.05) is 30.3 Å². The molecule has 102 valence electrons. The van der Waals surface area contributed by atoms with Gasteiger partial charge in [0.2, 0.25) is 0 Å².